The number of carboxylic acids is 3. The first-order valence-corrected chi connectivity index (χ1v) is 9.71. The van der Waals surface area contributed by atoms with E-state index in [-0.39, 0.29) is 0 Å². The standard InChI is InChI=1S/C15H24N2O3.2C2HF3O2/c1-4-12-5-6-13(20-12)10-17-8-7-11(16(2)3)9-14(17)15(18)19;2*3-2(4,5)1(6)7/h5-6,11,14H,4,7-10H2,1-3H3,(H,18,19);2*(H,6,7). The van der Waals surface area contributed by atoms with Crippen LogP contribution in [0.15, 0.2) is 16.5 Å². The number of hydrogen-bond donors (Lipinski definition) is 3. The highest BCUT2D eigenvalue weighted by molar-refractivity contribution is 5.74. The fourth-order valence-electron chi connectivity index (χ4n) is 2.81. The minimum absolute atomic E-state index is 0.343. The van der Waals surface area contributed by atoms with Crippen molar-refractivity contribution < 1.29 is 60.5 Å². The number of halogens is 6. The van der Waals surface area contributed by atoms with Crippen LogP contribution < -0.4 is 0 Å². The van der Waals surface area contributed by atoms with E-state index in [1.165, 1.54) is 0 Å². The van der Waals surface area contributed by atoms with Crippen molar-refractivity contribution in [2.24, 2.45) is 0 Å². The summed E-state index contributed by atoms with van der Waals surface area (Å²) in [5, 5.41) is 23.7. The molecule has 0 aromatic carbocycles. The number of hydrogen-bond acceptors (Lipinski definition) is 6. The van der Waals surface area contributed by atoms with Crippen LogP contribution in [0.1, 0.15) is 31.3 Å². The van der Waals surface area contributed by atoms with E-state index in [4.69, 9.17) is 24.2 Å². The second kappa shape index (κ2) is 13.2. The van der Waals surface area contributed by atoms with E-state index >= 15 is 0 Å². The van der Waals surface area contributed by atoms with Gasteiger partial charge in [0.05, 0.1) is 6.54 Å². The zero-order valence-corrected chi connectivity index (χ0v) is 18.5. The lowest BCUT2D eigenvalue weighted by Crippen LogP contribution is -2.51. The van der Waals surface area contributed by atoms with Gasteiger partial charge in [0.1, 0.15) is 17.6 Å². The van der Waals surface area contributed by atoms with Gasteiger partial charge in [0.25, 0.3) is 0 Å². The van der Waals surface area contributed by atoms with Gasteiger partial charge in [0.2, 0.25) is 0 Å². The maximum absolute atomic E-state index is 11.5. The molecule has 2 unspecified atom stereocenters. The van der Waals surface area contributed by atoms with Crippen molar-refractivity contribution in [1.29, 1.82) is 0 Å². The Bertz CT molecular complexity index is 784. The molecule has 1 aliphatic heterocycles. The van der Waals surface area contributed by atoms with Gasteiger partial charge < -0.3 is 24.6 Å². The van der Waals surface area contributed by atoms with Crippen molar-refractivity contribution in [2.45, 2.75) is 57.2 Å². The molecule has 196 valence electrons. The zero-order valence-electron chi connectivity index (χ0n) is 18.5. The molecule has 2 heterocycles. The summed E-state index contributed by atoms with van der Waals surface area (Å²) in [6.07, 6.45) is -7.63. The summed E-state index contributed by atoms with van der Waals surface area (Å²) in [5.41, 5.74) is 0. The third-order valence-electron chi connectivity index (χ3n) is 4.61. The molecule has 0 amide bonds. The van der Waals surface area contributed by atoms with E-state index < -0.39 is 36.3 Å². The summed E-state index contributed by atoms with van der Waals surface area (Å²) in [4.78, 5) is 33.4. The molecule has 34 heavy (non-hydrogen) atoms. The van der Waals surface area contributed by atoms with Gasteiger partial charge in [-0.15, -0.1) is 0 Å². The smallest absolute Gasteiger partial charge is 0.480 e. The molecule has 1 aromatic heterocycles. The monoisotopic (exact) mass is 508 g/mol. The number of alkyl halides is 6. The summed E-state index contributed by atoms with van der Waals surface area (Å²) >= 11 is 0. The van der Waals surface area contributed by atoms with E-state index in [1.807, 2.05) is 38.1 Å². The lowest BCUT2D eigenvalue weighted by molar-refractivity contribution is -0.193. The first-order chi connectivity index (χ1) is 15.4. The number of carboxylic acid groups (broad SMARTS) is 3. The second-order valence-electron chi connectivity index (χ2n) is 7.29. The van der Waals surface area contributed by atoms with Crippen molar-refractivity contribution in [1.82, 2.24) is 9.80 Å². The Morgan fingerprint density at radius 2 is 1.44 bits per heavy atom. The number of aryl methyl sites for hydroxylation is 1. The molecule has 9 nitrogen and oxygen atoms in total. The maximum atomic E-state index is 11.5. The van der Waals surface area contributed by atoms with Crippen LogP contribution in [-0.2, 0) is 27.3 Å². The predicted octanol–water partition coefficient (Wildman–Crippen LogP) is 3.09. The van der Waals surface area contributed by atoms with Crippen LogP contribution in [0.2, 0.25) is 0 Å². The molecule has 0 spiro atoms. The minimum Gasteiger partial charge on any atom is -0.480 e. The number of furan rings is 1. The molecule has 1 saturated heterocycles. The Morgan fingerprint density at radius 3 is 1.76 bits per heavy atom. The van der Waals surface area contributed by atoms with Crippen LogP contribution >= 0.6 is 0 Å². The third-order valence-corrected chi connectivity index (χ3v) is 4.61. The van der Waals surface area contributed by atoms with Gasteiger partial charge in [0, 0.05) is 19.0 Å². The van der Waals surface area contributed by atoms with Crippen LogP contribution in [0.3, 0.4) is 0 Å². The fourth-order valence-corrected chi connectivity index (χ4v) is 2.81. The number of nitrogens with zero attached hydrogens (tertiary/aromatic N) is 2. The van der Waals surface area contributed by atoms with E-state index in [2.05, 4.69) is 4.90 Å². The number of rotatable bonds is 5. The van der Waals surface area contributed by atoms with Gasteiger partial charge in [-0.25, -0.2) is 9.59 Å². The molecule has 2 atom stereocenters. The Hall–Kier alpha value is -2.81. The van der Waals surface area contributed by atoms with Crippen LogP contribution in [0.5, 0.6) is 0 Å². The summed E-state index contributed by atoms with van der Waals surface area (Å²) in [7, 11) is 4.03. The first kappa shape index (κ1) is 31.2. The molecule has 0 aliphatic carbocycles. The van der Waals surface area contributed by atoms with Gasteiger partial charge in [0.15, 0.2) is 0 Å². The van der Waals surface area contributed by atoms with Gasteiger partial charge in [-0.05, 0) is 39.1 Å². The van der Waals surface area contributed by atoms with Crippen LogP contribution in [-0.4, -0.2) is 88.1 Å². The van der Waals surface area contributed by atoms with Crippen molar-refractivity contribution in [3.8, 4) is 0 Å². The lowest BCUT2D eigenvalue weighted by atomic mass is 9.96. The zero-order chi connectivity index (χ0) is 26.9. The van der Waals surface area contributed by atoms with Gasteiger partial charge in [-0.2, -0.15) is 26.3 Å². The van der Waals surface area contributed by atoms with Crippen LogP contribution in [0.25, 0.3) is 0 Å². The molecule has 1 fully saturated rings. The third kappa shape index (κ3) is 11.4. The average Bonchev–Trinajstić information content (AvgIpc) is 3.15. The molecule has 1 aromatic rings. The SMILES string of the molecule is CCc1ccc(CN2CCC(N(C)C)CC2C(=O)O)o1.O=C(O)C(F)(F)F.O=C(O)C(F)(F)F. The van der Waals surface area contributed by atoms with Crippen molar-refractivity contribution in [3.05, 3.63) is 23.7 Å². The molecule has 1 aliphatic rings. The average molecular weight is 508 g/mol. The van der Waals surface area contributed by atoms with Crippen LogP contribution in [0, 0.1) is 0 Å². The number of piperidine rings is 1. The highest BCUT2D eigenvalue weighted by Gasteiger charge is 2.39. The largest absolute Gasteiger partial charge is 0.490 e. The minimum atomic E-state index is -5.08. The van der Waals surface area contributed by atoms with Crippen molar-refractivity contribution in [3.63, 3.8) is 0 Å². The number of likely N-dealkylation sites (tertiary alicyclic amines) is 1. The highest BCUT2D eigenvalue weighted by Crippen LogP contribution is 2.23. The predicted molar refractivity (Wildman–Crippen MR) is 104 cm³/mol. The van der Waals surface area contributed by atoms with Gasteiger partial charge >= 0.3 is 30.3 Å². The summed E-state index contributed by atoms with van der Waals surface area (Å²) in [5.74, 6) is -4.44. The normalized spacial score (nSPS) is 18.9. The quantitative estimate of drug-likeness (QED) is 0.514. The van der Waals surface area contributed by atoms with E-state index in [0.29, 0.717) is 19.0 Å². The number of aliphatic carboxylic acids is 3. The topological polar surface area (TPSA) is 132 Å². The molecular formula is C19H26F6N2O7. The molecule has 0 radical (unpaired) electrons. The molecule has 0 saturated carbocycles. The molecular weight excluding hydrogens is 482 g/mol. The first-order valence-electron chi connectivity index (χ1n) is 9.71. The molecule has 0 bridgehead atoms. The van der Waals surface area contributed by atoms with Gasteiger partial charge in [-0.1, -0.05) is 6.92 Å². The van der Waals surface area contributed by atoms with Crippen molar-refractivity contribution >= 4 is 17.9 Å². The maximum Gasteiger partial charge on any atom is 0.490 e. The Morgan fingerprint density at radius 1 is 1.00 bits per heavy atom. The van der Waals surface area contributed by atoms with E-state index in [1.54, 1.807) is 0 Å². The molecule has 2 rings (SSSR count). The van der Waals surface area contributed by atoms with E-state index in [9.17, 15) is 36.2 Å². The fraction of sp³-hybridized carbons (Fsp3) is 0.632. The summed E-state index contributed by atoms with van der Waals surface area (Å²) in [6.45, 7) is 3.42. The summed E-state index contributed by atoms with van der Waals surface area (Å²) in [6, 6.07) is 3.84. The van der Waals surface area contributed by atoms with Crippen LogP contribution in [0.4, 0.5) is 26.3 Å². The second-order valence-corrected chi connectivity index (χ2v) is 7.29. The van der Waals surface area contributed by atoms with Gasteiger partial charge in [-0.3, -0.25) is 9.69 Å². The number of carbonyl (C=O) groups is 3. The lowest BCUT2D eigenvalue weighted by Gasteiger charge is -2.39. The van der Waals surface area contributed by atoms with E-state index in [0.717, 1.165) is 30.9 Å². The molecule has 15 heteroatoms. The Balaban J connectivity index is 0.000000642. The highest BCUT2D eigenvalue weighted by atomic mass is 19.4. The molecule has 3 N–H and O–H groups in total. The summed E-state index contributed by atoms with van der Waals surface area (Å²) < 4.78 is 69.2. The van der Waals surface area contributed by atoms with Crippen molar-refractivity contribution in [2.75, 3.05) is 20.6 Å². The Labute approximate surface area is 190 Å². The Kier molecular flexibility index (Phi) is 12.1.